The molecule has 1 aromatic rings. The van der Waals surface area contributed by atoms with Crippen molar-refractivity contribution in [1.29, 1.82) is 0 Å². The Morgan fingerprint density at radius 2 is 2.05 bits per heavy atom. The van der Waals surface area contributed by atoms with Crippen molar-refractivity contribution in [2.24, 2.45) is 5.92 Å². The average Bonchev–Trinajstić information content (AvgIpc) is 2.83. The van der Waals surface area contributed by atoms with E-state index in [1.165, 1.54) is 0 Å². The normalized spacial score (nSPS) is 25.7. The Hall–Kier alpha value is -2.08. The van der Waals surface area contributed by atoms with Gasteiger partial charge < -0.3 is 15.4 Å². The quantitative estimate of drug-likeness (QED) is 0.719. The molecule has 0 spiro atoms. The second-order valence-corrected chi connectivity index (χ2v) is 5.93. The van der Waals surface area contributed by atoms with E-state index in [2.05, 4.69) is 16.0 Å². The first kappa shape index (κ1) is 14.8. The third kappa shape index (κ3) is 2.66. The van der Waals surface area contributed by atoms with Crippen molar-refractivity contribution in [1.82, 2.24) is 16.0 Å². The highest BCUT2D eigenvalue weighted by molar-refractivity contribution is 6.07. The predicted octanol–water partition coefficient (Wildman–Crippen LogP) is 0.816. The summed E-state index contributed by atoms with van der Waals surface area (Å²) in [4.78, 5) is 24.3. The van der Waals surface area contributed by atoms with Crippen LogP contribution in [0.15, 0.2) is 24.3 Å². The molecule has 1 aromatic carbocycles. The number of carbonyl (C=O) groups is 2. The van der Waals surface area contributed by atoms with Gasteiger partial charge in [-0.1, -0.05) is 12.1 Å². The number of hydrogen-bond acceptors (Lipinski definition) is 4. The molecule has 3 amide bonds. The van der Waals surface area contributed by atoms with Crippen LogP contribution in [0.1, 0.15) is 18.4 Å². The highest BCUT2D eigenvalue weighted by atomic mass is 16.5. The van der Waals surface area contributed by atoms with Gasteiger partial charge in [0.1, 0.15) is 11.3 Å². The van der Waals surface area contributed by atoms with Crippen LogP contribution in [0.3, 0.4) is 0 Å². The summed E-state index contributed by atoms with van der Waals surface area (Å²) in [5.74, 6) is 0.668. The number of piperidine rings is 1. The fourth-order valence-corrected chi connectivity index (χ4v) is 3.48. The fraction of sp³-hybridized carbons (Fsp3) is 0.500. The number of rotatable bonds is 4. The SMILES string of the molecule is COc1cccc(C[C@]2(C3CCNCC3)NC(=O)NC2=O)c1. The molecule has 6 nitrogen and oxygen atoms in total. The molecule has 0 bridgehead atoms. The lowest BCUT2D eigenvalue weighted by Gasteiger charge is -2.37. The molecule has 0 aliphatic carbocycles. The molecule has 0 radical (unpaired) electrons. The summed E-state index contributed by atoms with van der Waals surface area (Å²) in [6.45, 7) is 1.74. The van der Waals surface area contributed by atoms with Gasteiger partial charge in [0.25, 0.3) is 5.91 Å². The van der Waals surface area contributed by atoms with E-state index in [1.807, 2.05) is 24.3 Å². The van der Waals surface area contributed by atoms with Crippen LogP contribution >= 0.6 is 0 Å². The Balaban J connectivity index is 1.91. The molecular weight excluding hydrogens is 282 g/mol. The van der Waals surface area contributed by atoms with Crippen LogP contribution in [-0.2, 0) is 11.2 Å². The minimum atomic E-state index is -0.856. The first-order valence-corrected chi connectivity index (χ1v) is 7.61. The zero-order valence-electron chi connectivity index (χ0n) is 12.6. The molecule has 2 saturated heterocycles. The average molecular weight is 303 g/mol. The van der Waals surface area contributed by atoms with E-state index >= 15 is 0 Å². The van der Waals surface area contributed by atoms with Crippen LogP contribution in [0.25, 0.3) is 0 Å². The molecule has 2 aliphatic heterocycles. The van der Waals surface area contributed by atoms with E-state index < -0.39 is 11.6 Å². The number of nitrogens with one attached hydrogen (secondary N) is 3. The summed E-state index contributed by atoms with van der Waals surface area (Å²) >= 11 is 0. The van der Waals surface area contributed by atoms with Gasteiger partial charge in [0.2, 0.25) is 0 Å². The van der Waals surface area contributed by atoms with Crippen molar-refractivity contribution < 1.29 is 14.3 Å². The minimum absolute atomic E-state index is 0.131. The van der Waals surface area contributed by atoms with Gasteiger partial charge in [-0.05, 0) is 49.5 Å². The van der Waals surface area contributed by atoms with Crippen LogP contribution < -0.4 is 20.7 Å². The number of imide groups is 1. The third-order valence-corrected chi connectivity index (χ3v) is 4.62. The number of urea groups is 1. The molecule has 3 N–H and O–H groups in total. The van der Waals surface area contributed by atoms with Crippen molar-refractivity contribution >= 4 is 11.9 Å². The third-order valence-electron chi connectivity index (χ3n) is 4.62. The lowest BCUT2D eigenvalue weighted by molar-refractivity contribution is -0.126. The lowest BCUT2D eigenvalue weighted by Crippen LogP contribution is -2.57. The molecular formula is C16H21N3O3. The van der Waals surface area contributed by atoms with E-state index in [-0.39, 0.29) is 11.8 Å². The Bertz CT molecular complexity index is 584. The Morgan fingerprint density at radius 3 is 2.68 bits per heavy atom. The second-order valence-electron chi connectivity index (χ2n) is 5.93. The zero-order valence-corrected chi connectivity index (χ0v) is 12.6. The van der Waals surface area contributed by atoms with Crippen molar-refractivity contribution in [3.05, 3.63) is 29.8 Å². The molecule has 1 atom stereocenters. The molecule has 0 aromatic heterocycles. The fourth-order valence-electron chi connectivity index (χ4n) is 3.48. The first-order chi connectivity index (χ1) is 10.6. The standard InChI is InChI=1S/C16H21N3O3/c1-22-13-4-2-3-11(9-13)10-16(12-5-7-17-8-6-12)14(20)18-15(21)19-16/h2-4,9,12,17H,5-8,10H2,1H3,(H2,18,19,20,21)/t16-/m1/s1. The van der Waals surface area contributed by atoms with E-state index in [9.17, 15) is 9.59 Å². The molecule has 118 valence electrons. The van der Waals surface area contributed by atoms with E-state index in [4.69, 9.17) is 4.74 Å². The Kier molecular flexibility index (Phi) is 4.02. The summed E-state index contributed by atoms with van der Waals surface area (Å²) in [6.07, 6.45) is 2.22. The maximum atomic E-state index is 12.5. The Morgan fingerprint density at radius 1 is 1.27 bits per heavy atom. The van der Waals surface area contributed by atoms with Gasteiger partial charge >= 0.3 is 6.03 Å². The number of methoxy groups -OCH3 is 1. The van der Waals surface area contributed by atoms with Crippen LogP contribution in [0.2, 0.25) is 0 Å². The number of carbonyl (C=O) groups excluding carboxylic acids is 2. The van der Waals surface area contributed by atoms with Crippen LogP contribution in [-0.4, -0.2) is 37.7 Å². The smallest absolute Gasteiger partial charge is 0.322 e. The molecule has 3 rings (SSSR count). The zero-order chi connectivity index (χ0) is 15.6. The molecule has 22 heavy (non-hydrogen) atoms. The van der Waals surface area contributed by atoms with Crippen molar-refractivity contribution in [3.8, 4) is 5.75 Å². The summed E-state index contributed by atoms with van der Waals surface area (Å²) in [7, 11) is 1.62. The van der Waals surface area contributed by atoms with Gasteiger partial charge in [-0.25, -0.2) is 4.79 Å². The van der Waals surface area contributed by atoms with Crippen molar-refractivity contribution in [3.63, 3.8) is 0 Å². The van der Waals surface area contributed by atoms with Gasteiger partial charge in [-0.2, -0.15) is 0 Å². The van der Waals surface area contributed by atoms with Gasteiger partial charge in [-0.15, -0.1) is 0 Å². The number of hydrogen-bond donors (Lipinski definition) is 3. The molecule has 2 aliphatic rings. The molecule has 0 saturated carbocycles. The molecule has 2 heterocycles. The van der Waals surface area contributed by atoms with E-state index in [1.54, 1.807) is 7.11 Å². The molecule has 2 fully saturated rings. The highest BCUT2D eigenvalue weighted by Crippen LogP contribution is 2.32. The molecule has 6 heteroatoms. The minimum Gasteiger partial charge on any atom is -0.497 e. The van der Waals surface area contributed by atoms with Gasteiger partial charge in [-0.3, -0.25) is 10.1 Å². The van der Waals surface area contributed by atoms with Gasteiger partial charge in [0.15, 0.2) is 0 Å². The summed E-state index contributed by atoms with van der Waals surface area (Å²) in [5, 5.41) is 8.62. The van der Waals surface area contributed by atoms with Gasteiger partial charge in [0, 0.05) is 6.42 Å². The number of benzene rings is 1. The molecule has 0 unspecified atom stereocenters. The summed E-state index contributed by atoms with van der Waals surface area (Å²) < 4.78 is 5.25. The monoisotopic (exact) mass is 303 g/mol. The maximum absolute atomic E-state index is 12.5. The largest absolute Gasteiger partial charge is 0.497 e. The van der Waals surface area contributed by atoms with E-state index in [0.29, 0.717) is 6.42 Å². The van der Waals surface area contributed by atoms with Crippen LogP contribution in [0, 0.1) is 5.92 Å². The van der Waals surface area contributed by atoms with Crippen LogP contribution in [0.4, 0.5) is 4.79 Å². The summed E-state index contributed by atoms with van der Waals surface area (Å²) in [5.41, 5.74) is 0.126. The number of ether oxygens (including phenoxy) is 1. The predicted molar refractivity (Wildman–Crippen MR) is 81.7 cm³/mol. The highest BCUT2D eigenvalue weighted by Gasteiger charge is 2.51. The Labute approximate surface area is 129 Å². The van der Waals surface area contributed by atoms with Crippen molar-refractivity contribution in [2.75, 3.05) is 20.2 Å². The lowest BCUT2D eigenvalue weighted by atomic mass is 9.74. The number of amides is 3. The summed E-state index contributed by atoms with van der Waals surface area (Å²) in [6, 6.07) is 7.25. The second kappa shape index (κ2) is 5.96. The topological polar surface area (TPSA) is 79.5 Å². The van der Waals surface area contributed by atoms with Gasteiger partial charge in [0.05, 0.1) is 7.11 Å². The van der Waals surface area contributed by atoms with Crippen molar-refractivity contribution in [2.45, 2.75) is 24.8 Å². The first-order valence-electron chi connectivity index (χ1n) is 7.61. The van der Waals surface area contributed by atoms with E-state index in [0.717, 1.165) is 37.2 Å². The maximum Gasteiger partial charge on any atom is 0.322 e. The van der Waals surface area contributed by atoms with Crippen LogP contribution in [0.5, 0.6) is 5.75 Å².